The SMILES string of the molecule is CNCC1CCCN(C(=O)C2CCCN(C(=O)COc3ccccc3)C2)C1. The Bertz CT molecular complexity index is 620. The predicted octanol–water partition coefficient (Wildman–Crippen LogP) is 1.76. The number of benzene rings is 1. The minimum Gasteiger partial charge on any atom is -0.484 e. The van der Waals surface area contributed by atoms with E-state index >= 15 is 0 Å². The van der Waals surface area contributed by atoms with Gasteiger partial charge >= 0.3 is 0 Å². The van der Waals surface area contributed by atoms with E-state index in [1.807, 2.05) is 42.3 Å². The van der Waals surface area contributed by atoms with Crippen molar-refractivity contribution in [2.45, 2.75) is 25.7 Å². The van der Waals surface area contributed by atoms with Crippen molar-refractivity contribution in [2.75, 3.05) is 46.4 Å². The minimum absolute atomic E-state index is 0.0267. The van der Waals surface area contributed by atoms with Gasteiger partial charge in [0.1, 0.15) is 5.75 Å². The number of rotatable bonds is 6. The van der Waals surface area contributed by atoms with Crippen LogP contribution in [0.15, 0.2) is 30.3 Å². The van der Waals surface area contributed by atoms with Crippen molar-refractivity contribution in [3.63, 3.8) is 0 Å². The smallest absolute Gasteiger partial charge is 0.260 e. The van der Waals surface area contributed by atoms with Crippen LogP contribution in [-0.2, 0) is 9.59 Å². The zero-order valence-corrected chi connectivity index (χ0v) is 16.2. The molecule has 2 saturated heterocycles. The first kappa shape index (κ1) is 19.7. The molecule has 148 valence electrons. The molecule has 1 aromatic carbocycles. The van der Waals surface area contributed by atoms with E-state index in [0.29, 0.717) is 24.8 Å². The molecule has 2 fully saturated rings. The highest BCUT2D eigenvalue weighted by Gasteiger charge is 2.33. The normalized spacial score (nSPS) is 23.1. The van der Waals surface area contributed by atoms with Crippen LogP contribution in [0.4, 0.5) is 0 Å². The van der Waals surface area contributed by atoms with Gasteiger partial charge in [-0.1, -0.05) is 18.2 Å². The van der Waals surface area contributed by atoms with Gasteiger partial charge in [-0.05, 0) is 57.3 Å². The summed E-state index contributed by atoms with van der Waals surface area (Å²) in [5, 5.41) is 3.22. The summed E-state index contributed by atoms with van der Waals surface area (Å²) in [5.74, 6) is 1.33. The topological polar surface area (TPSA) is 61.9 Å². The van der Waals surface area contributed by atoms with Crippen LogP contribution in [0.25, 0.3) is 0 Å². The molecule has 2 aliphatic rings. The standard InChI is InChI=1S/C21H31N3O3/c1-22-13-17-7-5-12-24(14-17)21(26)18-8-6-11-23(15-18)20(25)16-27-19-9-3-2-4-10-19/h2-4,9-10,17-18,22H,5-8,11-16H2,1H3. The zero-order valence-electron chi connectivity index (χ0n) is 16.2. The molecule has 2 aliphatic heterocycles. The van der Waals surface area contributed by atoms with Crippen molar-refractivity contribution in [1.29, 1.82) is 0 Å². The fraction of sp³-hybridized carbons (Fsp3) is 0.619. The molecule has 0 radical (unpaired) electrons. The lowest BCUT2D eigenvalue weighted by Gasteiger charge is -2.38. The summed E-state index contributed by atoms with van der Waals surface area (Å²) in [6, 6.07) is 9.36. The van der Waals surface area contributed by atoms with Gasteiger partial charge in [0, 0.05) is 26.2 Å². The molecule has 0 bridgehead atoms. The Morgan fingerprint density at radius 3 is 2.59 bits per heavy atom. The number of piperidine rings is 2. The van der Waals surface area contributed by atoms with E-state index in [4.69, 9.17) is 4.74 Å². The molecule has 2 unspecified atom stereocenters. The summed E-state index contributed by atoms with van der Waals surface area (Å²) in [6.07, 6.45) is 3.99. The van der Waals surface area contributed by atoms with Gasteiger partial charge in [-0.3, -0.25) is 9.59 Å². The average Bonchev–Trinajstić information content (AvgIpc) is 2.73. The lowest BCUT2D eigenvalue weighted by molar-refractivity contribution is -0.143. The molecule has 1 aromatic rings. The number of carbonyl (C=O) groups is 2. The van der Waals surface area contributed by atoms with Gasteiger partial charge < -0.3 is 19.9 Å². The molecular weight excluding hydrogens is 342 g/mol. The number of para-hydroxylation sites is 1. The van der Waals surface area contributed by atoms with E-state index in [1.165, 1.54) is 6.42 Å². The highest BCUT2D eigenvalue weighted by molar-refractivity contribution is 5.82. The Morgan fingerprint density at radius 1 is 1.07 bits per heavy atom. The summed E-state index contributed by atoms with van der Waals surface area (Å²) in [7, 11) is 1.96. The summed E-state index contributed by atoms with van der Waals surface area (Å²) < 4.78 is 5.58. The molecule has 3 rings (SSSR count). The summed E-state index contributed by atoms with van der Waals surface area (Å²) >= 11 is 0. The van der Waals surface area contributed by atoms with Crippen LogP contribution < -0.4 is 10.1 Å². The molecule has 2 atom stereocenters. The molecular formula is C21H31N3O3. The third-order valence-electron chi connectivity index (χ3n) is 5.55. The lowest BCUT2D eigenvalue weighted by Crippen LogP contribution is -2.50. The number of ether oxygens (including phenoxy) is 1. The van der Waals surface area contributed by atoms with Crippen molar-refractivity contribution in [3.05, 3.63) is 30.3 Å². The third-order valence-corrected chi connectivity index (χ3v) is 5.55. The summed E-state index contributed by atoms with van der Waals surface area (Å²) in [4.78, 5) is 29.3. The molecule has 0 spiro atoms. The van der Waals surface area contributed by atoms with Crippen LogP contribution in [0.1, 0.15) is 25.7 Å². The summed E-state index contributed by atoms with van der Waals surface area (Å²) in [5.41, 5.74) is 0. The van der Waals surface area contributed by atoms with Crippen molar-refractivity contribution >= 4 is 11.8 Å². The molecule has 1 N–H and O–H groups in total. The largest absolute Gasteiger partial charge is 0.484 e. The highest BCUT2D eigenvalue weighted by atomic mass is 16.5. The highest BCUT2D eigenvalue weighted by Crippen LogP contribution is 2.23. The first-order valence-electron chi connectivity index (χ1n) is 10.1. The molecule has 27 heavy (non-hydrogen) atoms. The van der Waals surface area contributed by atoms with Gasteiger partial charge in [0.2, 0.25) is 5.91 Å². The number of hydrogen-bond donors (Lipinski definition) is 1. The van der Waals surface area contributed by atoms with Crippen molar-refractivity contribution in [3.8, 4) is 5.75 Å². The Morgan fingerprint density at radius 2 is 1.81 bits per heavy atom. The number of amides is 2. The van der Waals surface area contributed by atoms with Gasteiger partial charge in [-0.15, -0.1) is 0 Å². The first-order valence-corrected chi connectivity index (χ1v) is 10.1. The zero-order chi connectivity index (χ0) is 19.1. The number of nitrogens with zero attached hydrogens (tertiary/aromatic N) is 2. The maximum absolute atomic E-state index is 13.0. The number of likely N-dealkylation sites (tertiary alicyclic amines) is 2. The third kappa shape index (κ3) is 5.45. The van der Waals surface area contributed by atoms with Crippen molar-refractivity contribution in [2.24, 2.45) is 11.8 Å². The second-order valence-corrected chi connectivity index (χ2v) is 7.63. The monoisotopic (exact) mass is 373 g/mol. The molecule has 2 heterocycles. The Kier molecular flexibility index (Phi) is 7.10. The van der Waals surface area contributed by atoms with E-state index in [1.54, 1.807) is 4.90 Å². The minimum atomic E-state index is -0.0761. The van der Waals surface area contributed by atoms with E-state index in [9.17, 15) is 9.59 Å². The van der Waals surface area contributed by atoms with E-state index in [-0.39, 0.29) is 24.3 Å². The molecule has 2 amide bonds. The van der Waals surface area contributed by atoms with Crippen LogP contribution in [0, 0.1) is 11.8 Å². The van der Waals surface area contributed by atoms with E-state index < -0.39 is 0 Å². The van der Waals surface area contributed by atoms with Crippen LogP contribution in [-0.4, -0.2) is 68.0 Å². The maximum Gasteiger partial charge on any atom is 0.260 e. The van der Waals surface area contributed by atoms with Crippen LogP contribution in [0.5, 0.6) is 5.75 Å². The average molecular weight is 373 g/mol. The number of carbonyl (C=O) groups excluding carboxylic acids is 2. The van der Waals surface area contributed by atoms with Gasteiger partial charge in [0.25, 0.3) is 5.91 Å². The fourth-order valence-corrected chi connectivity index (χ4v) is 4.14. The van der Waals surface area contributed by atoms with Crippen LogP contribution >= 0.6 is 0 Å². The van der Waals surface area contributed by atoms with Gasteiger partial charge in [0.05, 0.1) is 5.92 Å². The van der Waals surface area contributed by atoms with Crippen molar-refractivity contribution in [1.82, 2.24) is 15.1 Å². The molecule has 6 nitrogen and oxygen atoms in total. The predicted molar refractivity (Wildman–Crippen MR) is 104 cm³/mol. The Hall–Kier alpha value is -2.08. The first-order chi connectivity index (χ1) is 13.2. The fourth-order valence-electron chi connectivity index (χ4n) is 4.14. The molecule has 0 aliphatic carbocycles. The van der Waals surface area contributed by atoms with Crippen molar-refractivity contribution < 1.29 is 14.3 Å². The Balaban J connectivity index is 1.50. The summed E-state index contributed by atoms with van der Waals surface area (Å²) in [6.45, 7) is 3.89. The second kappa shape index (κ2) is 9.74. The molecule has 6 heteroatoms. The van der Waals surface area contributed by atoms with E-state index in [0.717, 1.165) is 38.9 Å². The van der Waals surface area contributed by atoms with E-state index in [2.05, 4.69) is 5.32 Å². The van der Waals surface area contributed by atoms with Gasteiger partial charge in [0.15, 0.2) is 6.61 Å². The lowest BCUT2D eigenvalue weighted by atomic mass is 9.93. The van der Waals surface area contributed by atoms with Crippen LogP contribution in [0.3, 0.4) is 0 Å². The molecule has 0 saturated carbocycles. The van der Waals surface area contributed by atoms with Gasteiger partial charge in [-0.25, -0.2) is 0 Å². The Labute approximate surface area is 161 Å². The maximum atomic E-state index is 13.0. The number of nitrogens with one attached hydrogen (secondary N) is 1. The molecule has 0 aromatic heterocycles. The second-order valence-electron chi connectivity index (χ2n) is 7.63. The van der Waals surface area contributed by atoms with Crippen LogP contribution in [0.2, 0.25) is 0 Å². The number of hydrogen-bond acceptors (Lipinski definition) is 4. The quantitative estimate of drug-likeness (QED) is 0.825. The van der Waals surface area contributed by atoms with Gasteiger partial charge in [-0.2, -0.15) is 0 Å².